The molecule has 106 valence electrons. The van der Waals surface area contributed by atoms with Gasteiger partial charge in [0.25, 0.3) is 0 Å². The summed E-state index contributed by atoms with van der Waals surface area (Å²) >= 11 is 2.07. The van der Waals surface area contributed by atoms with Crippen molar-refractivity contribution in [1.82, 2.24) is 5.32 Å². The number of nitrogens with one attached hydrogen (secondary N) is 1. The molecule has 0 bridgehead atoms. The molecule has 1 N–H and O–H groups in total. The van der Waals surface area contributed by atoms with Crippen LogP contribution in [-0.4, -0.2) is 17.8 Å². The monoisotopic (exact) mass is 277 g/mol. The smallest absolute Gasteiger partial charge is 0.0190 e. The summed E-state index contributed by atoms with van der Waals surface area (Å²) in [6.45, 7) is 5.71. The van der Waals surface area contributed by atoms with Gasteiger partial charge in [-0.15, -0.1) is 0 Å². The summed E-state index contributed by atoms with van der Waals surface area (Å²) < 4.78 is 0. The highest BCUT2D eigenvalue weighted by molar-refractivity contribution is 7.99. The van der Waals surface area contributed by atoms with Gasteiger partial charge in [0.2, 0.25) is 0 Å². The molecule has 1 unspecified atom stereocenters. The molecule has 1 aromatic carbocycles. The molecule has 1 aliphatic carbocycles. The lowest BCUT2D eigenvalue weighted by Crippen LogP contribution is -2.35. The van der Waals surface area contributed by atoms with Crippen molar-refractivity contribution in [3.63, 3.8) is 0 Å². The third kappa shape index (κ3) is 5.19. The number of benzene rings is 1. The lowest BCUT2D eigenvalue weighted by Gasteiger charge is -2.24. The number of rotatable bonds is 6. The first-order valence-corrected chi connectivity index (χ1v) is 8.70. The van der Waals surface area contributed by atoms with E-state index in [4.69, 9.17) is 0 Å². The van der Waals surface area contributed by atoms with Crippen LogP contribution in [0.15, 0.2) is 24.3 Å². The van der Waals surface area contributed by atoms with E-state index in [0.717, 1.165) is 18.3 Å². The molecule has 0 spiro atoms. The number of aryl methyl sites for hydroxylation is 1. The van der Waals surface area contributed by atoms with Crippen LogP contribution in [0.3, 0.4) is 0 Å². The number of hydrogen-bond donors (Lipinski definition) is 1. The van der Waals surface area contributed by atoms with E-state index in [0.29, 0.717) is 5.25 Å². The molecule has 1 fully saturated rings. The maximum Gasteiger partial charge on any atom is 0.0190 e. The van der Waals surface area contributed by atoms with Gasteiger partial charge in [0.1, 0.15) is 0 Å². The predicted molar refractivity (Wildman–Crippen MR) is 86.8 cm³/mol. The normalized spacial score (nSPS) is 18.4. The molecule has 0 amide bonds. The van der Waals surface area contributed by atoms with Crippen LogP contribution in [0.25, 0.3) is 0 Å². The summed E-state index contributed by atoms with van der Waals surface area (Å²) in [6.07, 6.45) is 7.05. The molecule has 1 atom stereocenters. The molecular formula is C17H27NS. The van der Waals surface area contributed by atoms with E-state index in [9.17, 15) is 0 Å². The summed E-state index contributed by atoms with van der Waals surface area (Å²) in [5.74, 6) is 1.14. The fourth-order valence-electron chi connectivity index (χ4n) is 2.70. The Bertz CT molecular complexity index is 371. The van der Waals surface area contributed by atoms with Crippen molar-refractivity contribution in [2.75, 3.05) is 6.54 Å². The van der Waals surface area contributed by atoms with E-state index < -0.39 is 0 Å². The highest BCUT2D eigenvalue weighted by Crippen LogP contribution is 2.21. The zero-order valence-electron chi connectivity index (χ0n) is 12.3. The Morgan fingerprint density at radius 2 is 1.95 bits per heavy atom. The first kappa shape index (κ1) is 14.9. The van der Waals surface area contributed by atoms with Gasteiger partial charge in [-0.1, -0.05) is 50.5 Å². The van der Waals surface area contributed by atoms with Crippen LogP contribution >= 0.6 is 11.8 Å². The Labute approximate surface area is 122 Å². The van der Waals surface area contributed by atoms with E-state index in [1.54, 1.807) is 0 Å². The fourth-order valence-corrected chi connectivity index (χ4v) is 3.70. The predicted octanol–water partition coefficient (Wildman–Crippen LogP) is 4.54. The first-order valence-electron chi connectivity index (χ1n) is 7.65. The second-order valence-electron chi connectivity index (χ2n) is 5.79. The van der Waals surface area contributed by atoms with Gasteiger partial charge >= 0.3 is 0 Å². The zero-order valence-corrected chi connectivity index (χ0v) is 13.1. The summed E-state index contributed by atoms with van der Waals surface area (Å²) in [5, 5.41) is 4.45. The van der Waals surface area contributed by atoms with Gasteiger partial charge in [0.05, 0.1) is 0 Å². The molecule has 0 saturated heterocycles. The standard InChI is InChI=1S/C17H27NS/c1-14-8-6-7-9-16(14)13-19-15(2)12-18-17-10-4-3-5-11-17/h6-9,15,17-18H,3-5,10-13H2,1-2H3. The van der Waals surface area contributed by atoms with Gasteiger partial charge in [-0.05, 0) is 30.9 Å². The van der Waals surface area contributed by atoms with Crippen molar-refractivity contribution in [3.8, 4) is 0 Å². The molecule has 2 rings (SSSR count). The lowest BCUT2D eigenvalue weighted by atomic mass is 9.95. The quantitative estimate of drug-likeness (QED) is 0.819. The number of hydrogen-bond acceptors (Lipinski definition) is 2. The topological polar surface area (TPSA) is 12.0 Å². The van der Waals surface area contributed by atoms with Crippen molar-refractivity contribution in [1.29, 1.82) is 0 Å². The average Bonchev–Trinajstić information content (AvgIpc) is 2.45. The van der Waals surface area contributed by atoms with Crippen LogP contribution in [0, 0.1) is 6.92 Å². The van der Waals surface area contributed by atoms with E-state index in [1.165, 1.54) is 43.2 Å². The Hall–Kier alpha value is -0.470. The largest absolute Gasteiger partial charge is 0.313 e. The van der Waals surface area contributed by atoms with E-state index in [-0.39, 0.29) is 0 Å². The molecular weight excluding hydrogens is 250 g/mol. The first-order chi connectivity index (χ1) is 9.25. The van der Waals surface area contributed by atoms with Crippen LogP contribution in [0.4, 0.5) is 0 Å². The molecule has 0 heterocycles. The molecule has 0 radical (unpaired) electrons. The van der Waals surface area contributed by atoms with E-state index in [2.05, 4.69) is 55.2 Å². The molecule has 1 nitrogen and oxygen atoms in total. The third-order valence-corrected chi connectivity index (χ3v) is 5.30. The maximum atomic E-state index is 3.75. The molecule has 19 heavy (non-hydrogen) atoms. The van der Waals surface area contributed by atoms with Crippen molar-refractivity contribution < 1.29 is 0 Å². The lowest BCUT2D eigenvalue weighted by molar-refractivity contribution is 0.375. The molecule has 1 aliphatic rings. The average molecular weight is 277 g/mol. The Morgan fingerprint density at radius 1 is 1.21 bits per heavy atom. The van der Waals surface area contributed by atoms with Crippen molar-refractivity contribution in [3.05, 3.63) is 35.4 Å². The summed E-state index contributed by atoms with van der Waals surface area (Å²) in [4.78, 5) is 0. The van der Waals surface area contributed by atoms with Gasteiger partial charge in [-0.25, -0.2) is 0 Å². The fraction of sp³-hybridized carbons (Fsp3) is 0.647. The molecule has 0 aliphatic heterocycles. The van der Waals surface area contributed by atoms with Gasteiger partial charge in [0, 0.05) is 23.6 Å². The Kier molecular flexibility index (Phi) is 6.25. The van der Waals surface area contributed by atoms with Crippen LogP contribution < -0.4 is 5.32 Å². The van der Waals surface area contributed by atoms with Crippen molar-refractivity contribution in [2.24, 2.45) is 0 Å². The second kappa shape index (κ2) is 7.96. The van der Waals surface area contributed by atoms with E-state index >= 15 is 0 Å². The highest BCUT2D eigenvalue weighted by atomic mass is 32.2. The molecule has 1 aromatic rings. The van der Waals surface area contributed by atoms with Gasteiger partial charge in [-0.2, -0.15) is 11.8 Å². The third-order valence-electron chi connectivity index (χ3n) is 4.08. The minimum absolute atomic E-state index is 0.696. The maximum absolute atomic E-state index is 3.75. The van der Waals surface area contributed by atoms with E-state index in [1.807, 2.05) is 0 Å². The van der Waals surface area contributed by atoms with Gasteiger partial charge in [-0.3, -0.25) is 0 Å². The van der Waals surface area contributed by atoms with Crippen molar-refractivity contribution >= 4 is 11.8 Å². The Morgan fingerprint density at radius 3 is 2.68 bits per heavy atom. The highest BCUT2D eigenvalue weighted by Gasteiger charge is 2.13. The van der Waals surface area contributed by atoms with Crippen molar-refractivity contribution in [2.45, 2.75) is 63.0 Å². The summed E-state index contributed by atoms with van der Waals surface area (Å²) in [6, 6.07) is 9.52. The minimum Gasteiger partial charge on any atom is -0.313 e. The van der Waals surface area contributed by atoms with Gasteiger partial charge in [0.15, 0.2) is 0 Å². The van der Waals surface area contributed by atoms with Crippen LogP contribution in [-0.2, 0) is 5.75 Å². The van der Waals surface area contributed by atoms with Crippen LogP contribution in [0.5, 0.6) is 0 Å². The second-order valence-corrected chi connectivity index (χ2v) is 7.22. The molecule has 0 aromatic heterocycles. The van der Waals surface area contributed by atoms with Crippen LogP contribution in [0.1, 0.15) is 50.2 Å². The SMILES string of the molecule is Cc1ccccc1CSC(C)CNC1CCCCC1. The molecule has 1 saturated carbocycles. The number of thioether (sulfide) groups is 1. The Balaban J connectivity index is 1.66. The molecule has 2 heteroatoms. The van der Waals surface area contributed by atoms with Gasteiger partial charge < -0.3 is 5.32 Å². The zero-order chi connectivity index (χ0) is 13.5. The minimum atomic E-state index is 0.696. The van der Waals surface area contributed by atoms with Crippen LogP contribution in [0.2, 0.25) is 0 Å². The summed E-state index contributed by atoms with van der Waals surface area (Å²) in [7, 11) is 0. The summed E-state index contributed by atoms with van der Waals surface area (Å²) in [5.41, 5.74) is 2.90.